The molecule has 108 valence electrons. The lowest BCUT2D eigenvalue weighted by Gasteiger charge is -2.11. The maximum Gasteiger partial charge on any atom is 0.220 e. The van der Waals surface area contributed by atoms with E-state index in [4.69, 9.17) is 0 Å². The molecule has 0 aromatic rings. The molecule has 0 aromatic carbocycles. The van der Waals surface area contributed by atoms with Crippen molar-refractivity contribution in [2.45, 2.75) is 90.7 Å². The van der Waals surface area contributed by atoms with Gasteiger partial charge >= 0.3 is 0 Å². The maximum atomic E-state index is 11.4. The molecule has 0 aliphatic rings. The summed E-state index contributed by atoms with van der Waals surface area (Å²) in [6.45, 7) is 6.13. The molecule has 18 heavy (non-hydrogen) atoms. The largest absolute Gasteiger partial charge is 0.393 e. The van der Waals surface area contributed by atoms with Gasteiger partial charge in [0.1, 0.15) is 0 Å². The van der Waals surface area contributed by atoms with E-state index >= 15 is 0 Å². The van der Waals surface area contributed by atoms with Gasteiger partial charge in [0.2, 0.25) is 5.91 Å². The standard InChI is InChI=1S/C15H31NO2/c1-4-5-6-7-10-14(17)11-8-9-12-15(18)16-13(2)3/h13-14,17H,4-12H2,1-3H3,(H,16,18)/t14-/m0/s1. The maximum absolute atomic E-state index is 11.4. The summed E-state index contributed by atoms with van der Waals surface area (Å²) in [5, 5.41) is 12.6. The number of carbonyl (C=O) groups is 1. The van der Waals surface area contributed by atoms with Crippen LogP contribution >= 0.6 is 0 Å². The van der Waals surface area contributed by atoms with Gasteiger partial charge in [0, 0.05) is 12.5 Å². The molecule has 1 atom stereocenters. The van der Waals surface area contributed by atoms with E-state index in [-0.39, 0.29) is 18.1 Å². The van der Waals surface area contributed by atoms with Crippen LogP contribution in [0.1, 0.15) is 78.6 Å². The fourth-order valence-corrected chi connectivity index (χ4v) is 2.01. The second-order valence-corrected chi connectivity index (χ2v) is 5.47. The Morgan fingerprint density at radius 3 is 2.22 bits per heavy atom. The van der Waals surface area contributed by atoms with Crippen LogP contribution in [-0.2, 0) is 4.79 Å². The summed E-state index contributed by atoms with van der Waals surface area (Å²) in [5.74, 6) is 0.127. The summed E-state index contributed by atoms with van der Waals surface area (Å²) >= 11 is 0. The molecule has 0 rings (SSSR count). The molecule has 0 spiro atoms. The Labute approximate surface area is 112 Å². The van der Waals surface area contributed by atoms with Crippen molar-refractivity contribution in [1.29, 1.82) is 0 Å². The van der Waals surface area contributed by atoms with Crippen LogP contribution in [0.15, 0.2) is 0 Å². The van der Waals surface area contributed by atoms with Crippen LogP contribution in [-0.4, -0.2) is 23.2 Å². The number of unbranched alkanes of at least 4 members (excludes halogenated alkanes) is 4. The van der Waals surface area contributed by atoms with Gasteiger partial charge in [-0.1, -0.05) is 39.0 Å². The van der Waals surface area contributed by atoms with Crippen molar-refractivity contribution < 1.29 is 9.90 Å². The average Bonchev–Trinajstić information content (AvgIpc) is 2.29. The van der Waals surface area contributed by atoms with Gasteiger partial charge in [0.15, 0.2) is 0 Å². The molecule has 0 heterocycles. The van der Waals surface area contributed by atoms with Crippen molar-refractivity contribution in [3.63, 3.8) is 0 Å². The van der Waals surface area contributed by atoms with Crippen LogP contribution in [0.5, 0.6) is 0 Å². The van der Waals surface area contributed by atoms with Crippen LogP contribution in [0.4, 0.5) is 0 Å². The summed E-state index contributed by atoms with van der Waals surface area (Å²) in [7, 11) is 0. The number of rotatable bonds is 11. The van der Waals surface area contributed by atoms with Crippen molar-refractivity contribution in [3.05, 3.63) is 0 Å². The van der Waals surface area contributed by atoms with Crippen LogP contribution in [0, 0.1) is 0 Å². The molecule has 0 saturated heterocycles. The minimum Gasteiger partial charge on any atom is -0.393 e. The van der Waals surface area contributed by atoms with E-state index in [0.717, 1.165) is 32.1 Å². The summed E-state index contributed by atoms with van der Waals surface area (Å²) in [5.41, 5.74) is 0. The molecule has 0 fully saturated rings. The summed E-state index contributed by atoms with van der Waals surface area (Å²) in [6.07, 6.45) is 8.84. The van der Waals surface area contributed by atoms with Gasteiger partial charge in [-0.2, -0.15) is 0 Å². The first kappa shape index (κ1) is 17.4. The predicted molar refractivity (Wildman–Crippen MR) is 76.5 cm³/mol. The van der Waals surface area contributed by atoms with E-state index in [0.29, 0.717) is 6.42 Å². The van der Waals surface area contributed by atoms with Gasteiger partial charge in [-0.25, -0.2) is 0 Å². The lowest BCUT2D eigenvalue weighted by Crippen LogP contribution is -2.29. The highest BCUT2D eigenvalue weighted by molar-refractivity contribution is 5.76. The SMILES string of the molecule is CCCCCC[C@H](O)CCCCC(=O)NC(C)C. The fourth-order valence-electron chi connectivity index (χ4n) is 2.01. The third-order valence-corrected chi connectivity index (χ3v) is 3.03. The highest BCUT2D eigenvalue weighted by Gasteiger charge is 2.06. The zero-order valence-electron chi connectivity index (χ0n) is 12.4. The number of carbonyl (C=O) groups excluding carboxylic acids is 1. The van der Waals surface area contributed by atoms with Crippen LogP contribution in [0.25, 0.3) is 0 Å². The predicted octanol–water partition coefficient (Wildman–Crippen LogP) is 3.40. The average molecular weight is 257 g/mol. The normalized spacial score (nSPS) is 12.7. The Morgan fingerprint density at radius 2 is 1.67 bits per heavy atom. The molecular weight excluding hydrogens is 226 g/mol. The molecular formula is C15H31NO2. The van der Waals surface area contributed by atoms with Crippen molar-refractivity contribution >= 4 is 5.91 Å². The third-order valence-electron chi connectivity index (χ3n) is 3.03. The van der Waals surface area contributed by atoms with Crippen LogP contribution in [0.3, 0.4) is 0 Å². The van der Waals surface area contributed by atoms with E-state index < -0.39 is 0 Å². The van der Waals surface area contributed by atoms with Crippen molar-refractivity contribution in [1.82, 2.24) is 5.32 Å². The van der Waals surface area contributed by atoms with Gasteiger partial charge in [0.05, 0.1) is 6.10 Å². The van der Waals surface area contributed by atoms with Crippen LogP contribution < -0.4 is 5.32 Å². The number of aliphatic hydroxyl groups is 1. The monoisotopic (exact) mass is 257 g/mol. The lowest BCUT2D eigenvalue weighted by atomic mass is 10.0. The Kier molecular flexibility index (Phi) is 11.2. The zero-order valence-corrected chi connectivity index (χ0v) is 12.4. The van der Waals surface area contributed by atoms with Crippen molar-refractivity contribution in [2.75, 3.05) is 0 Å². The Balaban J connectivity index is 3.34. The zero-order chi connectivity index (χ0) is 13.8. The van der Waals surface area contributed by atoms with E-state index in [1.54, 1.807) is 0 Å². The Morgan fingerprint density at radius 1 is 1.06 bits per heavy atom. The number of hydrogen-bond acceptors (Lipinski definition) is 2. The Hall–Kier alpha value is -0.570. The van der Waals surface area contributed by atoms with Gasteiger partial charge in [-0.15, -0.1) is 0 Å². The highest BCUT2D eigenvalue weighted by Crippen LogP contribution is 2.11. The molecule has 1 amide bonds. The molecule has 2 N–H and O–H groups in total. The van der Waals surface area contributed by atoms with Crippen LogP contribution in [0.2, 0.25) is 0 Å². The van der Waals surface area contributed by atoms with Crippen molar-refractivity contribution in [3.8, 4) is 0 Å². The van der Waals surface area contributed by atoms with Gasteiger partial charge in [-0.05, 0) is 33.1 Å². The Bertz CT molecular complexity index is 205. The number of nitrogens with one attached hydrogen (secondary N) is 1. The topological polar surface area (TPSA) is 49.3 Å². The quantitative estimate of drug-likeness (QED) is 0.557. The first-order chi connectivity index (χ1) is 8.56. The molecule has 0 radical (unpaired) electrons. The number of hydrogen-bond donors (Lipinski definition) is 2. The summed E-state index contributed by atoms with van der Waals surface area (Å²) < 4.78 is 0. The molecule has 0 saturated carbocycles. The lowest BCUT2D eigenvalue weighted by molar-refractivity contribution is -0.121. The molecule has 0 unspecified atom stereocenters. The molecule has 0 aliphatic carbocycles. The minimum absolute atomic E-state index is 0.127. The summed E-state index contributed by atoms with van der Waals surface area (Å²) in [6, 6.07) is 0.224. The first-order valence-electron chi connectivity index (χ1n) is 7.53. The molecule has 3 nitrogen and oxygen atoms in total. The smallest absolute Gasteiger partial charge is 0.220 e. The van der Waals surface area contributed by atoms with Gasteiger partial charge in [-0.3, -0.25) is 4.79 Å². The molecule has 0 bridgehead atoms. The van der Waals surface area contributed by atoms with Gasteiger partial charge < -0.3 is 10.4 Å². The molecule has 0 aliphatic heterocycles. The van der Waals surface area contributed by atoms with Crippen molar-refractivity contribution in [2.24, 2.45) is 0 Å². The summed E-state index contributed by atoms with van der Waals surface area (Å²) in [4.78, 5) is 11.4. The second-order valence-electron chi connectivity index (χ2n) is 5.47. The second kappa shape index (κ2) is 11.5. The van der Waals surface area contributed by atoms with E-state index in [9.17, 15) is 9.90 Å². The van der Waals surface area contributed by atoms with Gasteiger partial charge in [0.25, 0.3) is 0 Å². The highest BCUT2D eigenvalue weighted by atomic mass is 16.3. The third kappa shape index (κ3) is 11.9. The van der Waals surface area contributed by atoms with E-state index in [1.807, 2.05) is 13.8 Å². The number of aliphatic hydroxyl groups excluding tert-OH is 1. The molecule has 3 heteroatoms. The van der Waals surface area contributed by atoms with E-state index in [1.165, 1.54) is 19.3 Å². The fraction of sp³-hybridized carbons (Fsp3) is 0.933. The number of amides is 1. The van der Waals surface area contributed by atoms with E-state index in [2.05, 4.69) is 12.2 Å². The first-order valence-corrected chi connectivity index (χ1v) is 7.53. The molecule has 0 aromatic heterocycles. The minimum atomic E-state index is -0.171.